The molecule has 0 aliphatic carbocycles. The summed E-state index contributed by atoms with van der Waals surface area (Å²) in [6.07, 6.45) is 2.21. The van der Waals surface area contributed by atoms with E-state index in [0.717, 1.165) is 32.5 Å². The van der Waals surface area contributed by atoms with Crippen molar-refractivity contribution in [3.05, 3.63) is 21.9 Å². The van der Waals surface area contributed by atoms with Gasteiger partial charge in [0.1, 0.15) is 0 Å². The summed E-state index contributed by atoms with van der Waals surface area (Å²) in [7, 11) is 1.76. The number of ether oxygens (including phenoxy) is 1. The van der Waals surface area contributed by atoms with Crippen molar-refractivity contribution in [1.29, 1.82) is 0 Å². The van der Waals surface area contributed by atoms with E-state index in [1.165, 1.54) is 9.75 Å². The van der Waals surface area contributed by atoms with Gasteiger partial charge in [0.15, 0.2) is 0 Å². The number of nitrogens with zero attached hydrogens (tertiary/aromatic N) is 1. The van der Waals surface area contributed by atoms with E-state index in [9.17, 15) is 0 Å². The lowest BCUT2D eigenvalue weighted by Crippen LogP contribution is -2.33. The second-order valence-electron chi connectivity index (χ2n) is 4.58. The van der Waals surface area contributed by atoms with Crippen LogP contribution in [0.5, 0.6) is 0 Å². The highest BCUT2D eigenvalue weighted by Gasteiger charge is 2.33. The molecule has 2 atom stereocenters. The average molecular weight is 254 g/mol. The first-order chi connectivity index (χ1) is 8.26. The molecular formula is C13H22N2OS. The van der Waals surface area contributed by atoms with E-state index >= 15 is 0 Å². The van der Waals surface area contributed by atoms with E-state index in [4.69, 9.17) is 10.5 Å². The molecule has 0 radical (unpaired) electrons. The normalized spacial score (nSPS) is 25.6. The van der Waals surface area contributed by atoms with E-state index in [1.54, 1.807) is 7.11 Å². The number of nitrogens with two attached hydrogens (primary N) is 1. The second-order valence-corrected chi connectivity index (χ2v) is 5.78. The van der Waals surface area contributed by atoms with Gasteiger partial charge in [0, 0.05) is 36.0 Å². The maximum atomic E-state index is 6.25. The Morgan fingerprint density at radius 3 is 3.00 bits per heavy atom. The van der Waals surface area contributed by atoms with Crippen LogP contribution < -0.4 is 5.73 Å². The van der Waals surface area contributed by atoms with Crippen LogP contribution in [-0.2, 0) is 11.2 Å². The highest BCUT2D eigenvalue weighted by atomic mass is 32.1. The van der Waals surface area contributed by atoms with Gasteiger partial charge in [0.05, 0.1) is 12.6 Å². The summed E-state index contributed by atoms with van der Waals surface area (Å²) >= 11 is 1.91. The van der Waals surface area contributed by atoms with Crippen LogP contribution in [0.2, 0.25) is 0 Å². The summed E-state index contributed by atoms with van der Waals surface area (Å²) in [6.45, 7) is 5.06. The van der Waals surface area contributed by atoms with Crippen LogP contribution in [0.15, 0.2) is 12.1 Å². The number of hydrogen-bond acceptors (Lipinski definition) is 4. The number of aryl methyl sites for hydroxylation is 1. The predicted octanol–water partition coefficient (Wildman–Crippen LogP) is 2.03. The lowest BCUT2D eigenvalue weighted by molar-refractivity contribution is 0.140. The lowest BCUT2D eigenvalue weighted by Gasteiger charge is -2.25. The third kappa shape index (κ3) is 2.88. The van der Waals surface area contributed by atoms with Gasteiger partial charge in [-0.2, -0.15) is 0 Å². The second kappa shape index (κ2) is 5.96. The number of likely N-dealkylation sites (tertiary alicyclic amines) is 1. The zero-order chi connectivity index (χ0) is 12.3. The predicted molar refractivity (Wildman–Crippen MR) is 72.5 cm³/mol. The van der Waals surface area contributed by atoms with Gasteiger partial charge in [-0.15, -0.1) is 11.3 Å². The third-order valence-corrected chi connectivity index (χ3v) is 4.75. The van der Waals surface area contributed by atoms with Crippen molar-refractivity contribution in [3.8, 4) is 0 Å². The molecular weight excluding hydrogens is 232 g/mol. The fraction of sp³-hybridized carbons (Fsp3) is 0.692. The molecule has 0 bridgehead atoms. The minimum absolute atomic E-state index is 0.273. The molecule has 2 heterocycles. The van der Waals surface area contributed by atoms with Gasteiger partial charge in [-0.1, -0.05) is 6.92 Å². The Balaban J connectivity index is 2.09. The fourth-order valence-corrected chi connectivity index (χ4v) is 3.64. The molecule has 0 spiro atoms. The summed E-state index contributed by atoms with van der Waals surface area (Å²) in [5, 5.41) is 0. The monoisotopic (exact) mass is 254 g/mol. The minimum Gasteiger partial charge on any atom is -0.383 e. The Hall–Kier alpha value is -0.420. The van der Waals surface area contributed by atoms with E-state index in [-0.39, 0.29) is 6.04 Å². The Morgan fingerprint density at radius 2 is 2.35 bits per heavy atom. The summed E-state index contributed by atoms with van der Waals surface area (Å²) < 4.78 is 5.17. The van der Waals surface area contributed by atoms with Crippen LogP contribution >= 0.6 is 11.3 Å². The van der Waals surface area contributed by atoms with E-state index in [1.807, 2.05) is 11.3 Å². The average Bonchev–Trinajstić information content (AvgIpc) is 2.92. The zero-order valence-corrected chi connectivity index (χ0v) is 11.5. The molecule has 2 rings (SSSR count). The maximum absolute atomic E-state index is 6.25. The largest absolute Gasteiger partial charge is 0.383 e. The molecule has 2 N–H and O–H groups in total. The van der Waals surface area contributed by atoms with Gasteiger partial charge in [-0.25, -0.2) is 0 Å². The van der Waals surface area contributed by atoms with Gasteiger partial charge in [0.25, 0.3) is 0 Å². The van der Waals surface area contributed by atoms with Crippen molar-refractivity contribution < 1.29 is 4.74 Å². The first-order valence-corrected chi connectivity index (χ1v) is 7.15. The fourth-order valence-electron chi connectivity index (χ4n) is 2.48. The quantitative estimate of drug-likeness (QED) is 0.874. The Morgan fingerprint density at radius 1 is 1.53 bits per heavy atom. The molecule has 17 heavy (non-hydrogen) atoms. The van der Waals surface area contributed by atoms with Gasteiger partial charge >= 0.3 is 0 Å². The molecule has 4 heteroatoms. The van der Waals surface area contributed by atoms with Crippen molar-refractivity contribution in [2.45, 2.75) is 31.8 Å². The van der Waals surface area contributed by atoms with Crippen molar-refractivity contribution in [2.75, 3.05) is 26.8 Å². The molecule has 1 aromatic heterocycles. The Bertz CT molecular complexity index is 353. The SMILES string of the molecule is CCc1ccc(C2C(N)CCN2CCOC)s1. The molecule has 1 fully saturated rings. The maximum Gasteiger partial charge on any atom is 0.0594 e. The van der Waals surface area contributed by atoms with Crippen molar-refractivity contribution in [3.63, 3.8) is 0 Å². The van der Waals surface area contributed by atoms with E-state index in [2.05, 4.69) is 24.0 Å². The summed E-state index contributed by atoms with van der Waals surface area (Å²) in [5.41, 5.74) is 6.25. The molecule has 0 amide bonds. The summed E-state index contributed by atoms with van der Waals surface area (Å²) in [5.74, 6) is 0. The number of thiophene rings is 1. The van der Waals surface area contributed by atoms with Gasteiger partial charge in [-0.3, -0.25) is 4.90 Å². The molecule has 96 valence electrons. The molecule has 0 aromatic carbocycles. The number of hydrogen-bond donors (Lipinski definition) is 1. The van der Waals surface area contributed by atoms with Crippen molar-refractivity contribution in [1.82, 2.24) is 4.90 Å². The van der Waals surface area contributed by atoms with Crippen LogP contribution in [0.1, 0.15) is 29.1 Å². The first-order valence-electron chi connectivity index (χ1n) is 6.33. The molecule has 1 aromatic rings. The number of methoxy groups -OCH3 is 1. The summed E-state index contributed by atoms with van der Waals surface area (Å²) in [6, 6.07) is 5.16. The highest BCUT2D eigenvalue weighted by Crippen LogP contribution is 2.35. The molecule has 2 unspecified atom stereocenters. The van der Waals surface area contributed by atoms with Gasteiger partial charge < -0.3 is 10.5 Å². The lowest BCUT2D eigenvalue weighted by atomic mass is 10.1. The zero-order valence-electron chi connectivity index (χ0n) is 10.7. The van der Waals surface area contributed by atoms with Crippen LogP contribution in [0.3, 0.4) is 0 Å². The minimum atomic E-state index is 0.273. The first kappa shape index (κ1) is 13.0. The third-order valence-electron chi connectivity index (χ3n) is 3.45. The molecule has 3 nitrogen and oxygen atoms in total. The molecule has 1 aliphatic heterocycles. The summed E-state index contributed by atoms with van der Waals surface area (Å²) in [4.78, 5) is 5.33. The van der Waals surface area contributed by atoms with Crippen LogP contribution in [0.25, 0.3) is 0 Å². The Labute approximate surface area is 108 Å². The van der Waals surface area contributed by atoms with Crippen LogP contribution in [0.4, 0.5) is 0 Å². The standard InChI is InChI=1S/C13H22N2OS/c1-3-10-4-5-12(17-10)13-11(14)6-7-15(13)8-9-16-2/h4-5,11,13H,3,6-9,14H2,1-2H3. The van der Waals surface area contributed by atoms with Crippen molar-refractivity contribution in [2.24, 2.45) is 5.73 Å². The smallest absolute Gasteiger partial charge is 0.0594 e. The molecule has 0 saturated carbocycles. The van der Waals surface area contributed by atoms with E-state index in [0.29, 0.717) is 6.04 Å². The Kier molecular flexibility index (Phi) is 4.56. The van der Waals surface area contributed by atoms with Crippen LogP contribution in [0, 0.1) is 0 Å². The molecule has 1 saturated heterocycles. The van der Waals surface area contributed by atoms with Crippen LogP contribution in [-0.4, -0.2) is 37.7 Å². The molecule has 1 aliphatic rings. The van der Waals surface area contributed by atoms with Gasteiger partial charge in [-0.05, 0) is 25.0 Å². The van der Waals surface area contributed by atoms with Crippen molar-refractivity contribution >= 4 is 11.3 Å². The highest BCUT2D eigenvalue weighted by molar-refractivity contribution is 7.12. The topological polar surface area (TPSA) is 38.5 Å². The van der Waals surface area contributed by atoms with E-state index < -0.39 is 0 Å². The number of rotatable bonds is 5. The van der Waals surface area contributed by atoms with Gasteiger partial charge in [0.2, 0.25) is 0 Å².